The lowest BCUT2D eigenvalue weighted by molar-refractivity contribution is 0.480. The zero-order valence-electron chi connectivity index (χ0n) is 16.3. The summed E-state index contributed by atoms with van der Waals surface area (Å²) in [5.41, 5.74) is 0. The van der Waals surface area contributed by atoms with Gasteiger partial charge < -0.3 is 0 Å². The van der Waals surface area contributed by atoms with Gasteiger partial charge in [0, 0.05) is 0 Å². The molecular formula is C13H36O12S4. The summed E-state index contributed by atoms with van der Waals surface area (Å²) in [6, 6.07) is 0. The van der Waals surface area contributed by atoms with Crippen molar-refractivity contribution >= 4 is 40.5 Å². The Balaban J connectivity index is -0.0000000873. The topological polar surface area (TPSA) is 217 Å². The second-order valence-electron chi connectivity index (χ2n) is 5.14. The average molecular weight is 513 g/mol. The molecule has 184 valence electrons. The van der Waals surface area contributed by atoms with Crippen LogP contribution in [-0.4, -0.2) is 74.9 Å². The highest BCUT2D eigenvalue weighted by Crippen LogP contribution is 1.85. The molecule has 0 spiro atoms. The summed E-state index contributed by atoms with van der Waals surface area (Å²) in [7, 11) is -14.7. The summed E-state index contributed by atoms with van der Waals surface area (Å²) < 4.78 is 110. The molecule has 0 aliphatic carbocycles. The Kier molecular flexibility index (Phi) is 26.5. The minimum absolute atomic E-state index is 0. The van der Waals surface area contributed by atoms with E-state index in [0.717, 1.165) is 0 Å². The van der Waals surface area contributed by atoms with E-state index in [1.165, 1.54) is 0 Å². The van der Waals surface area contributed by atoms with Crippen molar-refractivity contribution in [3.8, 4) is 0 Å². The zero-order chi connectivity index (χ0) is 23.7. The molecule has 0 saturated carbocycles. The van der Waals surface area contributed by atoms with Crippen molar-refractivity contribution in [1.29, 1.82) is 0 Å². The SMILES string of the molecule is C.CCCS(=O)(=O)O.CCCS(=O)(=O)O.CCCS(=O)(=O)O.CCCS(=O)(=O)O. The molecule has 16 heteroatoms. The van der Waals surface area contributed by atoms with Crippen LogP contribution in [0.1, 0.15) is 60.8 Å². The summed E-state index contributed by atoms with van der Waals surface area (Å²) in [5, 5.41) is 0. The normalized spacial score (nSPS) is 11.3. The van der Waals surface area contributed by atoms with E-state index in [1.54, 1.807) is 27.7 Å². The quantitative estimate of drug-likeness (QED) is 0.342. The van der Waals surface area contributed by atoms with E-state index in [0.29, 0.717) is 25.7 Å². The highest BCUT2D eigenvalue weighted by Gasteiger charge is 1.99. The maximum atomic E-state index is 9.79. The van der Waals surface area contributed by atoms with Crippen LogP contribution in [0, 0.1) is 0 Å². The van der Waals surface area contributed by atoms with Gasteiger partial charge >= 0.3 is 0 Å². The Morgan fingerprint density at radius 2 is 0.517 bits per heavy atom. The molecule has 0 bridgehead atoms. The molecule has 0 unspecified atom stereocenters. The first kappa shape index (κ1) is 39.2. The first-order chi connectivity index (χ1) is 12.2. The fourth-order valence-corrected chi connectivity index (χ4v) is 3.10. The molecular weight excluding hydrogens is 476 g/mol. The van der Waals surface area contributed by atoms with Crippen LogP contribution in [0.2, 0.25) is 0 Å². The molecule has 0 aliphatic rings. The molecule has 12 nitrogen and oxygen atoms in total. The third-order valence-electron chi connectivity index (χ3n) is 1.85. The van der Waals surface area contributed by atoms with Gasteiger partial charge in [-0.3, -0.25) is 18.2 Å². The summed E-state index contributed by atoms with van der Waals surface area (Å²) in [4.78, 5) is 0. The van der Waals surface area contributed by atoms with E-state index in [4.69, 9.17) is 18.2 Å². The van der Waals surface area contributed by atoms with Gasteiger partial charge in [-0.05, 0) is 25.7 Å². The van der Waals surface area contributed by atoms with Crippen molar-refractivity contribution in [3.05, 3.63) is 0 Å². The molecule has 29 heavy (non-hydrogen) atoms. The van der Waals surface area contributed by atoms with E-state index < -0.39 is 40.5 Å². The molecule has 0 aromatic rings. The summed E-state index contributed by atoms with van der Waals surface area (Å²) in [6.45, 7) is 6.75. The van der Waals surface area contributed by atoms with Gasteiger partial charge in [-0.25, -0.2) is 0 Å². The Hall–Kier alpha value is -0.360. The Labute approximate surface area is 176 Å². The molecule has 0 aliphatic heterocycles. The monoisotopic (exact) mass is 512 g/mol. The van der Waals surface area contributed by atoms with Crippen LogP contribution in [0.4, 0.5) is 0 Å². The molecule has 4 N–H and O–H groups in total. The lowest BCUT2D eigenvalue weighted by Crippen LogP contribution is -2.01. The average Bonchev–Trinajstić information content (AvgIpc) is 2.34. The van der Waals surface area contributed by atoms with Crippen LogP contribution in [0.15, 0.2) is 0 Å². The first-order valence-corrected chi connectivity index (χ1v) is 14.5. The Morgan fingerprint density at radius 3 is 0.517 bits per heavy atom. The van der Waals surface area contributed by atoms with Crippen LogP contribution in [0.25, 0.3) is 0 Å². The van der Waals surface area contributed by atoms with Gasteiger partial charge in [0.25, 0.3) is 40.5 Å². The van der Waals surface area contributed by atoms with Crippen LogP contribution in [-0.2, 0) is 40.5 Å². The smallest absolute Gasteiger partial charge is 0.264 e. The highest BCUT2D eigenvalue weighted by molar-refractivity contribution is 7.86. The minimum Gasteiger partial charge on any atom is -0.286 e. The van der Waals surface area contributed by atoms with Crippen molar-refractivity contribution in [3.63, 3.8) is 0 Å². The van der Waals surface area contributed by atoms with E-state index in [9.17, 15) is 33.7 Å². The molecule has 0 aromatic carbocycles. The molecule has 0 amide bonds. The van der Waals surface area contributed by atoms with Crippen LogP contribution in [0.5, 0.6) is 0 Å². The molecule has 0 aromatic heterocycles. The predicted molar refractivity (Wildman–Crippen MR) is 114 cm³/mol. The molecule has 0 heterocycles. The predicted octanol–water partition coefficient (Wildman–Crippen LogP) is 1.77. The second-order valence-corrected chi connectivity index (χ2v) is 11.4. The van der Waals surface area contributed by atoms with Gasteiger partial charge in [0.1, 0.15) is 0 Å². The number of hydrogen-bond donors (Lipinski definition) is 4. The maximum Gasteiger partial charge on any atom is 0.264 e. The summed E-state index contributed by atoms with van der Waals surface area (Å²) in [6.07, 6.45) is 1.88. The summed E-state index contributed by atoms with van der Waals surface area (Å²) in [5.74, 6) is -0.528. The van der Waals surface area contributed by atoms with Gasteiger partial charge in [0.2, 0.25) is 0 Å². The molecule has 0 radical (unpaired) electrons. The van der Waals surface area contributed by atoms with E-state index >= 15 is 0 Å². The third-order valence-corrected chi connectivity index (χ3v) is 5.54. The standard InChI is InChI=1S/4C3H8O3S.CH4/c4*1-2-3-7(4,5)6;/h4*2-3H2,1H3,(H,4,5,6);1H4. The van der Waals surface area contributed by atoms with Gasteiger partial charge in [-0.2, -0.15) is 33.7 Å². The largest absolute Gasteiger partial charge is 0.286 e. The zero-order valence-corrected chi connectivity index (χ0v) is 19.6. The third kappa shape index (κ3) is 74.3. The van der Waals surface area contributed by atoms with Crippen LogP contribution >= 0.6 is 0 Å². The van der Waals surface area contributed by atoms with Crippen molar-refractivity contribution in [2.24, 2.45) is 0 Å². The van der Waals surface area contributed by atoms with Crippen molar-refractivity contribution in [2.75, 3.05) is 23.0 Å². The van der Waals surface area contributed by atoms with Gasteiger partial charge in [0.05, 0.1) is 23.0 Å². The fourth-order valence-electron chi connectivity index (χ4n) is 1.03. The molecule has 0 rings (SSSR count). The first-order valence-electron chi connectivity index (χ1n) is 8.05. The number of hydrogen-bond acceptors (Lipinski definition) is 8. The van der Waals surface area contributed by atoms with E-state index in [2.05, 4.69) is 0 Å². The van der Waals surface area contributed by atoms with Crippen molar-refractivity contribution in [2.45, 2.75) is 60.8 Å². The highest BCUT2D eigenvalue weighted by atomic mass is 32.2. The molecule has 0 saturated heterocycles. The Morgan fingerprint density at radius 1 is 0.414 bits per heavy atom. The van der Waals surface area contributed by atoms with Crippen molar-refractivity contribution in [1.82, 2.24) is 0 Å². The van der Waals surface area contributed by atoms with Gasteiger partial charge in [0.15, 0.2) is 0 Å². The molecule has 0 atom stereocenters. The number of rotatable bonds is 8. The Bertz CT molecular complexity index is 630. The van der Waals surface area contributed by atoms with Gasteiger partial charge in [-0.15, -0.1) is 0 Å². The van der Waals surface area contributed by atoms with Gasteiger partial charge in [-0.1, -0.05) is 35.1 Å². The van der Waals surface area contributed by atoms with Crippen LogP contribution in [0.3, 0.4) is 0 Å². The fraction of sp³-hybridized carbons (Fsp3) is 1.00. The lowest BCUT2D eigenvalue weighted by Gasteiger charge is -1.86. The van der Waals surface area contributed by atoms with Crippen molar-refractivity contribution < 1.29 is 51.9 Å². The van der Waals surface area contributed by atoms with E-state index in [1.807, 2.05) is 0 Å². The molecule has 0 fully saturated rings. The van der Waals surface area contributed by atoms with E-state index in [-0.39, 0.29) is 30.4 Å². The minimum atomic E-state index is -3.67. The van der Waals surface area contributed by atoms with Crippen LogP contribution < -0.4 is 0 Å². The lowest BCUT2D eigenvalue weighted by atomic mass is 10.6. The maximum absolute atomic E-state index is 9.79. The second kappa shape index (κ2) is 19.6. The summed E-state index contributed by atoms with van der Waals surface area (Å²) >= 11 is 0.